The van der Waals surface area contributed by atoms with Crippen LogP contribution in [0.5, 0.6) is 17.2 Å². The van der Waals surface area contributed by atoms with Crippen LogP contribution >= 0.6 is 11.3 Å². The van der Waals surface area contributed by atoms with Crippen LogP contribution in [-0.2, 0) is 6.42 Å². The third-order valence-electron chi connectivity index (χ3n) is 6.30. The number of likely N-dealkylation sites (tertiary alicyclic amines) is 1. The van der Waals surface area contributed by atoms with E-state index in [1.165, 1.54) is 11.3 Å². The summed E-state index contributed by atoms with van der Waals surface area (Å²) in [5.41, 5.74) is 1.71. The summed E-state index contributed by atoms with van der Waals surface area (Å²) in [4.78, 5) is 15.9. The molecule has 4 nitrogen and oxygen atoms in total. The van der Waals surface area contributed by atoms with Gasteiger partial charge in [-0.2, -0.15) is 0 Å². The Morgan fingerprint density at radius 1 is 1.03 bits per heavy atom. The summed E-state index contributed by atoms with van der Waals surface area (Å²) in [6, 6.07) is 22.6. The summed E-state index contributed by atoms with van der Waals surface area (Å²) in [7, 11) is 1.61. The molecule has 4 aromatic rings. The summed E-state index contributed by atoms with van der Waals surface area (Å²) in [5, 5.41) is 0.852. The minimum Gasteiger partial charge on any atom is -0.497 e. The molecule has 0 bridgehead atoms. The van der Waals surface area contributed by atoms with Crippen LogP contribution in [0.15, 0.2) is 72.8 Å². The standard InChI is InChI=1S/C28H25F2NO3S/c1-33-22-11-12-23-24(15-22)35-27(25(32)19-5-3-2-4-6-19)26(23)34-21-9-7-18(8-10-21)13-14-31-16-20(17-31)28(29)30/h2-12,15,20,28H,13-14,16-17H2,1H3. The maximum Gasteiger partial charge on any atom is 0.243 e. The Kier molecular flexibility index (Phi) is 6.79. The lowest BCUT2D eigenvalue weighted by Gasteiger charge is -2.38. The van der Waals surface area contributed by atoms with Crippen molar-refractivity contribution in [3.05, 3.63) is 88.8 Å². The molecule has 1 aromatic heterocycles. The second-order valence-electron chi connectivity index (χ2n) is 8.67. The number of thiophene rings is 1. The van der Waals surface area contributed by atoms with Crippen molar-refractivity contribution in [2.75, 3.05) is 26.7 Å². The van der Waals surface area contributed by atoms with Crippen molar-refractivity contribution in [1.29, 1.82) is 0 Å². The molecule has 0 aliphatic carbocycles. The van der Waals surface area contributed by atoms with E-state index in [-0.39, 0.29) is 5.78 Å². The highest BCUT2D eigenvalue weighted by Gasteiger charge is 2.33. The molecule has 0 radical (unpaired) electrons. The van der Waals surface area contributed by atoms with Gasteiger partial charge in [0, 0.05) is 41.2 Å². The Balaban J connectivity index is 1.35. The molecule has 0 unspecified atom stereocenters. The first-order valence-electron chi connectivity index (χ1n) is 11.5. The summed E-state index contributed by atoms with van der Waals surface area (Å²) in [6.45, 7) is 1.69. The lowest BCUT2D eigenvalue weighted by molar-refractivity contribution is -0.0233. The molecule has 7 heteroatoms. The number of rotatable bonds is 9. The fourth-order valence-electron chi connectivity index (χ4n) is 4.23. The van der Waals surface area contributed by atoms with Crippen molar-refractivity contribution in [3.8, 4) is 17.2 Å². The molecule has 3 aromatic carbocycles. The second-order valence-corrected chi connectivity index (χ2v) is 9.72. The molecule has 180 valence electrons. The highest BCUT2D eigenvalue weighted by Crippen LogP contribution is 2.42. The largest absolute Gasteiger partial charge is 0.497 e. The molecule has 5 rings (SSSR count). The first-order chi connectivity index (χ1) is 17.0. The highest BCUT2D eigenvalue weighted by molar-refractivity contribution is 7.21. The Labute approximate surface area is 206 Å². The lowest BCUT2D eigenvalue weighted by atomic mass is 10.00. The van der Waals surface area contributed by atoms with Crippen molar-refractivity contribution in [3.63, 3.8) is 0 Å². The number of alkyl halides is 2. The van der Waals surface area contributed by atoms with E-state index >= 15 is 0 Å². The number of halogens is 2. The summed E-state index contributed by atoms with van der Waals surface area (Å²) < 4.78 is 37.9. The Morgan fingerprint density at radius 3 is 2.43 bits per heavy atom. The molecule has 0 amide bonds. The lowest BCUT2D eigenvalue weighted by Crippen LogP contribution is -2.50. The van der Waals surface area contributed by atoms with E-state index in [1.54, 1.807) is 19.2 Å². The monoisotopic (exact) mass is 493 g/mol. The third-order valence-corrected chi connectivity index (χ3v) is 7.43. The van der Waals surface area contributed by atoms with Crippen LogP contribution in [0.4, 0.5) is 8.78 Å². The summed E-state index contributed by atoms with van der Waals surface area (Å²) >= 11 is 1.39. The Bertz CT molecular complexity index is 1320. The van der Waals surface area contributed by atoms with Crippen LogP contribution in [0.2, 0.25) is 0 Å². The van der Waals surface area contributed by atoms with E-state index in [9.17, 15) is 13.6 Å². The third kappa shape index (κ3) is 5.06. The summed E-state index contributed by atoms with van der Waals surface area (Å²) in [6.07, 6.45) is -1.44. The van der Waals surface area contributed by atoms with Crippen LogP contribution in [-0.4, -0.2) is 43.9 Å². The number of fused-ring (bicyclic) bond motifs is 1. The van der Waals surface area contributed by atoms with Gasteiger partial charge in [-0.3, -0.25) is 4.79 Å². The summed E-state index contributed by atoms with van der Waals surface area (Å²) in [5.74, 6) is 1.31. The maximum atomic E-state index is 13.3. The minimum absolute atomic E-state index is 0.0889. The predicted molar refractivity (Wildman–Crippen MR) is 134 cm³/mol. The molecule has 0 saturated carbocycles. The molecular weight excluding hydrogens is 468 g/mol. The highest BCUT2D eigenvalue weighted by atomic mass is 32.1. The van der Waals surface area contributed by atoms with Gasteiger partial charge in [-0.15, -0.1) is 11.3 Å². The van der Waals surface area contributed by atoms with Gasteiger partial charge >= 0.3 is 0 Å². The number of nitrogens with zero attached hydrogens (tertiary/aromatic N) is 1. The van der Waals surface area contributed by atoms with Crippen molar-refractivity contribution in [2.45, 2.75) is 12.8 Å². The normalized spacial score (nSPS) is 14.3. The molecule has 0 atom stereocenters. The van der Waals surface area contributed by atoms with Gasteiger partial charge in [0.25, 0.3) is 0 Å². The van der Waals surface area contributed by atoms with Crippen molar-refractivity contribution < 1.29 is 23.0 Å². The minimum atomic E-state index is -2.23. The number of ketones is 1. The van der Waals surface area contributed by atoms with Gasteiger partial charge in [-0.1, -0.05) is 42.5 Å². The maximum absolute atomic E-state index is 13.3. The first-order valence-corrected chi connectivity index (χ1v) is 12.3. The molecule has 1 fully saturated rings. The SMILES string of the molecule is COc1ccc2c(Oc3ccc(CCN4CC(C(F)F)C4)cc3)c(C(=O)c3ccccc3)sc2c1. The average molecular weight is 494 g/mol. The molecule has 2 heterocycles. The number of hydrogen-bond acceptors (Lipinski definition) is 5. The fraction of sp³-hybridized carbons (Fsp3) is 0.250. The number of carbonyl (C=O) groups is 1. The Hall–Kier alpha value is -3.29. The fourth-order valence-corrected chi connectivity index (χ4v) is 5.35. The van der Waals surface area contributed by atoms with Gasteiger partial charge in [0.2, 0.25) is 12.2 Å². The molecular formula is C28H25F2NO3S. The van der Waals surface area contributed by atoms with Gasteiger partial charge < -0.3 is 14.4 Å². The number of methoxy groups -OCH3 is 1. The first kappa shape index (κ1) is 23.5. The van der Waals surface area contributed by atoms with E-state index in [4.69, 9.17) is 9.47 Å². The molecule has 1 aliphatic rings. The molecule has 0 N–H and O–H groups in total. The van der Waals surface area contributed by atoms with Crippen molar-refractivity contribution in [2.24, 2.45) is 5.92 Å². The zero-order valence-corrected chi connectivity index (χ0v) is 20.1. The predicted octanol–water partition coefficient (Wildman–Crippen LogP) is 6.67. The van der Waals surface area contributed by atoms with E-state index in [2.05, 4.69) is 4.90 Å². The van der Waals surface area contributed by atoms with E-state index in [1.807, 2.05) is 60.7 Å². The molecule has 35 heavy (non-hydrogen) atoms. The van der Waals surface area contributed by atoms with Crippen molar-refractivity contribution in [1.82, 2.24) is 4.90 Å². The Morgan fingerprint density at radius 2 is 1.74 bits per heavy atom. The smallest absolute Gasteiger partial charge is 0.243 e. The van der Waals surface area contributed by atoms with Crippen LogP contribution in [0.25, 0.3) is 10.1 Å². The molecule has 1 saturated heterocycles. The van der Waals surface area contributed by atoms with Gasteiger partial charge in [0.15, 0.2) is 5.75 Å². The molecule has 1 aliphatic heterocycles. The van der Waals surface area contributed by atoms with Gasteiger partial charge in [0.05, 0.1) is 7.11 Å². The number of ether oxygens (including phenoxy) is 2. The van der Waals surface area contributed by atoms with Crippen LogP contribution in [0.1, 0.15) is 20.8 Å². The van der Waals surface area contributed by atoms with Crippen LogP contribution < -0.4 is 9.47 Å². The van der Waals surface area contributed by atoms with Gasteiger partial charge in [-0.25, -0.2) is 8.78 Å². The van der Waals surface area contributed by atoms with Gasteiger partial charge in [-0.05, 0) is 42.3 Å². The second kappa shape index (κ2) is 10.1. The van der Waals surface area contributed by atoms with Crippen LogP contribution in [0, 0.1) is 5.92 Å². The zero-order chi connectivity index (χ0) is 24.4. The average Bonchev–Trinajstić information content (AvgIpc) is 3.21. The number of carbonyl (C=O) groups excluding carboxylic acids is 1. The quantitative estimate of drug-likeness (QED) is 0.244. The number of hydrogen-bond donors (Lipinski definition) is 0. The van der Waals surface area contributed by atoms with Crippen molar-refractivity contribution >= 4 is 27.2 Å². The number of benzene rings is 3. The van der Waals surface area contributed by atoms with E-state index in [0.717, 1.165) is 34.4 Å². The van der Waals surface area contributed by atoms with Crippen LogP contribution in [0.3, 0.4) is 0 Å². The van der Waals surface area contributed by atoms with E-state index in [0.29, 0.717) is 35.0 Å². The molecule has 0 spiro atoms. The zero-order valence-electron chi connectivity index (χ0n) is 19.2. The topological polar surface area (TPSA) is 38.8 Å². The van der Waals surface area contributed by atoms with Gasteiger partial charge in [0.1, 0.15) is 16.4 Å². The van der Waals surface area contributed by atoms with E-state index < -0.39 is 12.3 Å².